The number of benzene rings is 1. The molecule has 1 fully saturated rings. The van der Waals surface area contributed by atoms with E-state index in [0.29, 0.717) is 5.69 Å². The fourth-order valence-electron chi connectivity index (χ4n) is 3.56. The van der Waals surface area contributed by atoms with Gasteiger partial charge in [0.25, 0.3) is 11.8 Å². The van der Waals surface area contributed by atoms with Crippen LogP contribution in [0.25, 0.3) is 5.69 Å². The average Bonchev–Trinajstić information content (AvgIpc) is 3.23. The van der Waals surface area contributed by atoms with E-state index in [4.69, 9.17) is 5.73 Å². The molecule has 4 rings (SSSR count). The summed E-state index contributed by atoms with van der Waals surface area (Å²) < 4.78 is 40.3. The molecule has 0 unspecified atom stereocenters. The van der Waals surface area contributed by atoms with Crippen LogP contribution in [0.4, 0.5) is 24.5 Å². The number of nitrogens with two attached hydrogens (primary N) is 1. The molecular formula is C22H21F3N6O2. The van der Waals surface area contributed by atoms with Crippen LogP contribution in [0.3, 0.4) is 0 Å². The maximum atomic E-state index is 12.9. The molecule has 0 saturated carbocycles. The van der Waals surface area contributed by atoms with Crippen molar-refractivity contribution in [2.45, 2.75) is 6.18 Å². The first-order valence-corrected chi connectivity index (χ1v) is 10.2. The highest BCUT2D eigenvalue weighted by atomic mass is 19.4. The number of alkyl halides is 3. The van der Waals surface area contributed by atoms with Gasteiger partial charge in [-0.25, -0.2) is 4.98 Å². The third-order valence-electron chi connectivity index (χ3n) is 5.24. The predicted molar refractivity (Wildman–Crippen MR) is 117 cm³/mol. The molecule has 1 saturated heterocycles. The average molecular weight is 458 g/mol. The minimum absolute atomic E-state index is 0.0153. The Labute approximate surface area is 187 Å². The van der Waals surface area contributed by atoms with Crippen LogP contribution in [-0.2, 0) is 6.18 Å². The van der Waals surface area contributed by atoms with Gasteiger partial charge in [0, 0.05) is 49.9 Å². The smallest absolute Gasteiger partial charge is 0.369 e. The normalized spacial score (nSPS) is 14.2. The number of primary amides is 1. The first kappa shape index (κ1) is 22.3. The molecule has 1 aliphatic heterocycles. The number of hydrogen-bond acceptors (Lipinski definition) is 5. The van der Waals surface area contributed by atoms with E-state index in [1.807, 2.05) is 24.3 Å². The standard InChI is InChI=1S/C22H21F3N6O2/c23-22(24,25)19-3-1-2-17(28-19)21(33)29-18-13-31(12-16(18)20(26)32)15-6-4-14(5-7-15)30-10-8-27-9-11-30/h1-7,12-13,27H,8-11H2,(H2,26,32)(H,29,33). The molecule has 3 aromatic rings. The summed E-state index contributed by atoms with van der Waals surface area (Å²) in [6.45, 7) is 3.61. The van der Waals surface area contributed by atoms with Crippen molar-refractivity contribution in [2.24, 2.45) is 5.73 Å². The zero-order chi connectivity index (χ0) is 23.6. The molecule has 33 heavy (non-hydrogen) atoms. The first-order valence-electron chi connectivity index (χ1n) is 10.2. The maximum Gasteiger partial charge on any atom is 0.433 e. The molecule has 0 bridgehead atoms. The van der Waals surface area contributed by atoms with Gasteiger partial charge in [-0.1, -0.05) is 6.07 Å². The van der Waals surface area contributed by atoms with Gasteiger partial charge in [-0.3, -0.25) is 9.59 Å². The van der Waals surface area contributed by atoms with Crippen molar-refractivity contribution in [2.75, 3.05) is 36.4 Å². The number of halogens is 3. The molecule has 0 spiro atoms. The van der Waals surface area contributed by atoms with Crippen molar-refractivity contribution >= 4 is 23.2 Å². The van der Waals surface area contributed by atoms with Crippen molar-refractivity contribution in [3.8, 4) is 5.69 Å². The van der Waals surface area contributed by atoms with Gasteiger partial charge < -0.3 is 25.8 Å². The summed E-state index contributed by atoms with van der Waals surface area (Å²) in [7, 11) is 0. The molecule has 8 nitrogen and oxygen atoms in total. The van der Waals surface area contributed by atoms with Crippen molar-refractivity contribution in [3.05, 3.63) is 71.8 Å². The molecule has 0 aliphatic carbocycles. The van der Waals surface area contributed by atoms with Crippen LogP contribution in [-0.4, -0.2) is 47.5 Å². The quantitative estimate of drug-likeness (QED) is 0.545. The third kappa shape index (κ3) is 4.98. The number of nitrogens with one attached hydrogen (secondary N) is 2. The molecular weight excluding hydrogens is 437 g/mol. The van der Waals surface area contributed by atoms with Crippen LogP contribution >= 0.6 is 0 Å². The highest BCUT2D eigenvalue weighted by molar-refractivity contribution is 6.08. The second-order valence-electron chi connectivity index (χ2n) is 7.47. The van der Waals surface area contributed by atoms with E-state index in [9.17, 15) is 22.8 Å². The lowest BCUT2D eigenvalue weighted by Gasteiger charge is -2.29. The van der Waals surface area contributed by atoms with E-state index >= 15 is 0 Å². The lowest BCUT2D eigenvalue weighted by atomic mass is 10.2. The SMILES string of the molecule is NC(=O)c1cn(-c2ccc(N3CCNCC3)cc2)cc1NC(=O)c1cccc(C(F)(F)F)n1. The van der Waals surface area contributed by atoms with Crippen LogP contribution in [0.5, 0.6) is 0 Å². The van der Waals surface area contributed by atoms with E-state index in [1.54, 1.807) is 4.57 Å². The number of carbonyl (C=O) groups is 2. The number of nitrogens with zero attached hydrogens (tertiary/aromatic N) is 3. The van der Waals surface area contributed by atoms with Gasteiger partial charge in [0.1, 0.15) is 11.4 Å². The van der Waals surface area contributed by atoms with Gasteiger partial charge in [-0.15, -0.1) is 0 Å². The fourth-order valence-corrected chi connectivity index (χ4v) is 3.56. The first-order chi connectivity index (χ1) is 15.7. The van der Waals surface area contributed by atoms with Gasteiger partial charge in [-0.05, 0) is 36.4 Å². The largest absolute Gasteiger partial charge is 0.433 e. The Bertz CT molecular complexity index is 1170. The van der Waals surface area contributed by atoms with Crippen LogP contribution in [0.15, 0.2) is 54.9 Å². The minimum atomic E-state index is -4.69. The Hall–Kier alpha value is -3.86. The summed E-state index contributed by atoms with van der Waals surface area (Å²) in [6.07, 6.45) is -1.75. The lowest BCUT2D eigenvalue weighted by Crippen LogP contribution is -2.43. The van der Waals surface area contributed by atoms with E-state index in [2.05, 4.69) is 20.5 Å². The van der Waals surface area contributed by atoms with Gasteiger partial charge in [-0.2, -0.15) is 13.2 Å². The molecule has 172 valence electrons. The lowest BCUT2D eigenvalue weighted by molar-refractivity contribution is -0.141. The number of amides is 2. The molecule has 1 aromatic carbocycles. The maximum absolute atomic E-state index is 12.9. The predicted octanol–water partition coefficient (Wildman–Crippen LogP) is 2.65. The molecule has 1 aliphatic rings. The number of rotatable bonds is 5. The van der Waals surface area contributed by atoms with Crippen LogP contribution in [0, 0.1) is 0 Å². The highest BCUT2D eigenvalue weighted by Gasteiger charge is 2.33. The number of piperazine rings is 1. The van der Waals surface area contributed by atoms with Crippen molar-refractivity contribution in [3.63, 3.8) is 0 Å². The van der Waals surface area contributed by atoms with E-state index in [1.165, 1.54) is 12.4 Å². The number of hydrogen-bond donors (Lipinski definition) is 3. The molecule has 2 amide bonds. The number of aromatic nitrogens is 2. The van der Waals surface area contributed by atoms with Crippen molar-refractivity contribution in [1.29, 1.82) is 0 Å². The van der Waals surface area contributed by atoms with Crippen LogP contribution in [0.2, 0.25) is 0 Å². The Kier molecular flexibility index (Phi) is 6.05. The zero-order valence-corrected chi connectivity index (χ0v) is 17.4. The van der Waals surface area contributed by atoms with Crippen molar-refractivity contribution < 1.29 is 22.8 Å². The Balaban J connectivity index is 1.57. The Morgan fingerprint density at radius 2 is 1.67 bits per heavy atom. The summed E-state index contributed by atoms with van der Waals surface area (Å²) in [4.78, 5) is 30.0. The third-order valence-corrected chi connectivity index (χ3v) is 5.24. The molecule has 0 atom stereocenters. The Morgan fingerprint density at radius 1 is 1.00 bits per heavy atom. The summed E-state index contributed by atoms with van der Waals surface area (Å²) in [5.41, 5.74) is 5.68. The minimum Gasteiger partial charge on any atom is -0.369 e. The van der Waals surface area contributed by atoms with Gasteiger partial charge in [0.2, 0.25) is 0 Å². The number of carbonyl (C=O) groups excluding carboxylic acids is 2. The van der Waals surface area contributed by atoms with E-state index in [-0.39, 0.29) is 11.3 Å². The molecule has 11 heteroatoms. The zero-order valence-electron chi connectivity index (χ0n) is 17.4. The van der Waals surface area contributed by atoms with Crippen LogP contribution < -0.4 is 21.3 Å². The topological polar surface area (TPSA) is 105 Å². The van der Waals surface area contributed by atoms with Gasteiger partial charge in [0.05, 0.1) is 11.3 Å². The number of anilines is 2. The Morgan fingerprint density at radius 3 is 2.30 bits per heavy atom. The van der Waals surface area contributed by atoms with E-state index in [0.717, 1.165) is 50.1 Å². The molecule has 2 aromatic heterocycles. The second kappa shape index (κ2) is 8.94. The molecule has 0 radical (unpaired) electrons. The number of pyridine rings is 1. The summed E-state index contributed by atoms with van der Waals surface area (Å²) in [5, 5.41) is 5.73. The molecule has 4 N–H and O–H groups in total. The monoisotopic (exact) mass is 458 g/mol. The highest BCUT2D eigenvalue weighted by Crippen LogP contribution is 2.28. The van der Waals surface area contributed by atoms with E-state index < -0.39 is 29.4 Å². The summed E-state index contributed by atoms with van der Waals surface area (Å²) in [5.74, 6) is -1.69. The molecule has 3 heterocycles. The van der Waals surface area contributed by atoms with Crippen molar-refractivity contribution in [1.82, 2.24) is 14.9 Å². The summed E-state index contributed by atoms with van der Waals surface area (Å²) in [6, 6.07) is 10.6. The van der Waals surface area contributed by atoms with Gasteiger partial charge in [0.15, 0.2) is 0 Å². The van der Waals surface area contributed by atoms with Gasteiger partial charge >= 0.3 is 6.18 Å². The van der Waals surface area contributed by atoms with Crippen LogP contribution in [0.1, 0.15) is 26.5 Å². The fraction of sp³-hybridized carbons (Fsp3) is 0.227. The summed E-state index contributed by atoms with van der Waals surface area (Å²) >= 11 is 0. The second-order valence-corrected chi connectivity index (χ2v) is 7.47.